The van der Waals surface area contributed by atoms with Crippen molar-refractivity contribution in [1.29, 1.82) is 0 Å². The van der Waals surface area contributed by atoms with Gasteiger partial charge in [-0.25, -0.2) is 0 Å². The molecule has 5 heteroatoms. The highest BCUT2D eigenvalue weighted by molar-refractivity contribution is 5.84. The predicted octanol–water partition coefficient (Wildman–Crippen LogP) is 2.58. The summed E-state index contributed by atoms with van der Waals surface area (Å²) in [4.78, 5) is 14.2. The second-order valence-corrected chi connectivity index (χ2v) is 6.29. The number of rotatable bonds is 3. The molecule has 1 spiro atoms. The van der Waals surface area contributed by atoms with E-state index in [1.54, 1.807) is 0 Å². The smallest absolute Gasteiger partial charge is 0.260 e. The van der Waals surface area contributed by atoms with E-state index in [2.05, 4.69) is 6.07 Å². The number of likely N-dealkylation sites (tertiary alicyclic amines) is 1. The van der Waals surface area contributed by atoms with Crippen molar-refractivity contribution in [3.63, 3.8) is 0 Å². The summed E-state index contributed by atoms with van der Waals surface area (Å²) in [6, 6.07) is 14.0. The Kier molecular flexibility index (Phi) is 4.12. The fourth-order valence-electron chi connectivity index (χ4n) is 3.38. The summed E-state index contributed by atoms with van der Waals surface area (Å²) in [6.07, 6.45) is 1.46. The van der Waals surface area contributed by atoms with Crippen LogP contribution in [0.3, 0.4) is 0 Å². The molecule has 5 nitrogen and oxygen atoms in total. The van der Waals surface area contributed by atoms with Crippen molar-refractivity contribution in [1.82, 2.24) is 4.90 Å². The molecule has 2 heterocycles. The molecule has 4 rings (SSSR count). The molecule has 126 valence electrons. The van der Waals surface area contributed by atoms with Crippen LogP contribution in [0, 0.1) is 0 Å². The molecule has 2 saturated heterocycles. The molecule has 1 amide bonds. The van der Waals surface area contributed by atoms with Gasteiger partial charge in [0.05, 0.1) is 13.2 Å². The fraction of sp³-hybridized carbons (Fsp3) is 0.421. The summed E-state index contributed by atoms with van der Waals surface area (Å²) in [6.45, 7) is 2.67. The lowest BCUT2D eigenvalue weighted by molar-refractivity contribution is -0.187. The van der Waals surface area contributed by atoms with E-state index in [9.17, 15) is 4.79 Å². The molecule has 24 heavy (non-hydrogen) atoms. The standard InChI is InChI=1S/C19H21NO4/c21-18(20-9-7-19(8-10-20)23-11-12-24-19)14-22-17-6-5-15-3-1-2-4-16(15)13-17/h1-6,13H,7-12,14H2. The van der Waals surface area contributed by atoms with Crippen molar-refractivity contribution in [2.75, 3.05) is 32.9 Å². The summed E-state index contributed by atoms with van der Waals surface area (Å²) in [5.41, 5.74) is 0. The van der Waals surface area contributed by atoms with Gasteiger partial charge in [-0.1, -0.05) is 30.3 Å². The molecule has 2 fully saturated rings. The van der Waals surface area contributed by atoms with Crippen molar-refractivity contribution in [2.24, 2.45) is 0 Å². The summed E-state index contributed by atoms with van der Waals surface area (Å²) >= 11 is 0. The van der Waals surface area contributed by atoms with E-state index in [0.29, 0.717) is 26.3 Å². The van der Waals surface area contributed by atoms with Crippen LogP contribution in [0.25, 0.3) is 10.8 Å². The number of carbonyl (C=O) groups excluding carboxylic acids is 1. The SMILES string of the molecule is O=C(COc1ccc2ccccc2c1)N1CCC2(CC1)OCCO2. The van der Waals surface area contributed by atoms with Gasteiger partial charge in [-0.15, -0.1) is 0 Å². The fourth-order valence-corrected chi connectivity index (χ4v) is 3.38. The first-order valence-corrected chi connectivity index (χ1v) is 8.41. The van der Waals surface area contributed by atoms with Gasteiger partial charge in [-0.05, 0) is 22.9 Å². The number of piperidine rings is 1. The molecule has 0 aromatic heterocycles. The first kappa shape index (κ1) is 15.4. The third-order valence-electron chi connectivity index (χ3n) is 4.77. The number of carbonyl (C=O) groups is 1. The summed E-state index contributed by atoms with van der Waals surface area (Å²) < 4.78 is 17.1. The lowest BCUT2D eigenvalue weighted by Crippen LogP contribution is -2.48. The first-order chi connectivity index (χ1) is 11.7. The maximum atomic E-state index is 12.4. The number of hydrogen-bond donors (Lipinski definition) is 0. The Balaban J connectivity index is 1.33. The van der Waals surface area contributed by atoms with Gasteiger partial charge < -0.3 is 19.1 Å². The van der Waals surface area contributed by atoms with Gasteiger partial charge in [0.2, 0.25) is 0 Å². The first-order valence-electron chi connectivity index (χ1n) is 8.41. The van der Waals surface area contributed by atoms with Crippen molar-refractivity contribution in [2.45, 2.75) is 18.6 Å². The van der Waals surface area contributed by atoms with E-state index in [1.807, 2.05) is 41.3 Å². The highest BCUT2D eigenvalue weighted by Gasteiger charge is 2.40. The second-order valence-electron chi connectivity index (χ2n) is 6.29. The number of fused-ring (bicyclic) bond motifs is 1. The van der Waals surface area contributed by atoms with Crippen LogP contribution in [0.1, 0.15) is 12.8 Å². The Morgan fingerprint density at radius 1 is 1.04 bits per heavy atom. The van der Waals surface area contributed by atoms with Crippen LogP contribution < -0.4 is 4.74 Å². The van der Waals surface area contributed by atoms with Gasteiger partial charge in [0.1, 0.15) is 5.75 Å². The van der Waals surface area contributed by atoms with Crippen LogP contribution in [0.5, 0.6) is 5.75 Å². The summed E-state index contributed by atoms with van der Waals surface area (Å²) in [5.74, 6) is 0.282. The second kappa shape index (κ2) is 6.42. The van der Waals surface area contributed by atoms with Crippen LogP contribution >= 0.6 is 0 Å². The predicted molar refractivity (Wildman–Crippen MR) is 89.9 cm³/mol. The zero-order valence-corrected chi connectivity index (χ0v) is 13.6. The highest BCUT2D eigenvalue weighted by atomic mass is 16.7. The average Bonchev–Trinajstić information content (AvgIpc) is 3.08. The minimum absolute atomic E-state index is 0.0102. The lowest BCUT2D eigenvalue weighted by atomic mass is 10.0. The van der Waals surface area contributed by atoms with Gasteiger partial charge in [0.25, 0.3) is 5.91 Å². The molecule has 0 aliphatic carbocycles. The zero-order valence-electron chi connectivity index (χ0n) is 13.6. The minimum atomic E-state index is -0.448. The summed E-state index contributed by atoms with van der Waals surface area (Å²) in [5, 5.41) is 2.27. The van der Waals surface area contributed by atoms with Crippen LogP contribution in [0.15, 0.2) is 42.5 Å². The van der Waals surface area contributed by atoms with Crippen LogP contribution in [0.4, 0.5) is 0 Å². The van der Waals surface area contributed by atoms with E-state index in [0.717, 1.165) is 29.4 Å². The molecule has 2 aliphatic rings. The number of amides is 1. The molecule has 0 radical (unpaired) electrons. The quantitative estimate of drug-likeness (QED) is 0.869. The highest BCUT2D eigenvalue weighted by Crippen LogP contribution is 2.31. The molecule has 2 aliphatic heterocycles. The summed E-state index contributed by atoms with van der Waals surface area (Å²) in [7, 11) is 0. The third-order valence-corrected chi connectivity index (χ3v) is 4.77. The van der Waals surface area contributed by atoms with Gasteiger partial charge in [-0.3, -0.25) is 4.79 Å². The molecule has 0 N–H and O–H groups in total. The van der Waals surface area contributed by atoms with Crippen molar-refractivity contribution in [3.05, 3.63) is 42.5 Å². The maximum absolute atomic E-state index is 12.4. The molecular formula is C19H21NO4. The maximum Gasteiger partial charge on any atom is 0.260 e. The van der Waals surface area contributed by atoms with E-state index in [1.165, 1.54) is 0 Å². The number of hydrogen-bond acceptors (Lipinski definition) is 4. The molecular weight excluding hydrogens is 306 g/mol. The van der Waals surface area contributed by atoms with Crippen molar-refractivity contribution in [3.8, 4) is 5.75 Å². The minimum Gasteiger partial charge on any atom is -0.484 e. The topological polar surface area (TPSA) is 48.0 Å². The number of benzene rings is 2. The molecule has 0 saturated carbocycles. The Labute approximate surface area is 141 Å². The van der Waals surface area contributed by atoms with Crippen LogP contribution in [0.2, 0.25) is 0 Å². The Morgan fingerprint density at radius 2 is 1.75 bits per heavy atom. The van der Waals surface area contributed by atoms with Crippen molar-refractivity contribution >= 4 is 16.7 Å². The Morgan fingerprint density at radius 3 is 2.50 bits per heavy atom. The van der Waals surface area contributed by atoms with Gasteiger partial charge in [0.15, 0.2) is 12.4 Å². The van der Waals surface area contributed by atoms with Crippen LogP contribution in [-0.4, -0.2) is 49.5 Å². The molecule has 2 aromatic carbocycles. The Hall–Kier alpha value is -2.11. The van der Waals surface area contributed by atoms with E-state index in [-0.39, 0.29) is 12.5 Å². The molecule has 0 bridgehead atoms. The zero-order chi connectivity index (χ0) is 16.4. The number of ether oxygens (including phenoxy) is 3. The lowest BCUT2D eigenvalue weighted by Gasteiger charge is -2.37. The Bertz CT molecular complexity index is 729. The molecule has 0 unspecified atom stereocenters. The molecule has 2 aromatic rings. The van der Waals surface area contributed by atoms with E-state index < -0.39 is 5.79 Å². The normalized spacial score (nSPS) is 19.8. The van der Waals surface area contributed by atoms with E-state index >= 15 is 0 Å². The van der Waals surface area contributed by atoms with Crippen molar-refractivity contribution < 1.29 is 19.0 Å². The largest absolute Gasteiger partial charge is 0.484 e. The average molecular weight is 327 g/mol. The number of nitrogens with zero attached hydrogens (tertiary/aromatic N) is 1. The van der Waals surface area contributed by atoms with E-state index in [4.69, 9.17) is 14.2 Å². The monoisotopic (exact) mass is 327 g/mol. The van der Waals surface area contributed by atoms with Gasteiger partial charge in [-0.2, -0.15) is 0 Å². The van der Waals surface area contributed by atoms with Crippen LogP contribution in [-0.2, 0) is 14.3 Å². The van der Waals surface area contributed by atoms with Gasteiger partial charge >= 0.3 is 0 Å². The van der Waals surface area contributed by atoms with Gasteiger partial charge in [0, 0.05) is 25.9 Å². The molecule has 0 atom stereocenters. The third kappa shape index (κ3) is 3.09.